The number of hydrazine groups is 1. The van der Waals surface area contributed by atoms with Crippen LogP contribution < -0.4 is 17.0 Å². The first-order chi connectivity index (χ1) is 6.81. The molecule has 0 aliphatic heterocycles. The van der Waals surface area contributed by atoms with Gasteiger partial charge in [-0.05, 0) is 12.1 Å². The average Bonchev–Trinajstić information content (AvgIpc) is 2.27. The highest BCUT2D eigenvalue weighted by atomic mass is 15.3. The maximum Gasteiger partial charge on any atom is 0.111 e. The summed E-state index contributed by atoms with van der Waals surface area (Å²) < 4.78 is 0. The second kappa shape index (κ2) is 3.71. The number of para-hydroxylation sites is 1. The summed E-state index contributed by atoms with van der Waals surface area (Å²) in [6.07, 6.45) is -0.417. The third-order valence-electron chi connectivity index (χ3n) is 2.12. The number of fused-ring (bicyclic) bond motifs is 1. The van der Waals surface area contributed by atoms with Crippen LogP contribution in [0.15, 0.2) is 36.4 Å². The smallest absolute Gasteiger partial charge is 0.111 e. The maximum atomic E-state index is 5.69. The fourth-order valence-electron chi connectivity index (χ4n) is 1.34. The lowest BCUT2D eigenvalue weighted by atomic mass is 10.2. The fourth-order valence-corrected chi connectivity index (χ4v) is 1.34. The molecule has 1 atom stereocenters. The zero-order valence-corrected chi connectivity index (χ0v) is 7.64. The van der Waals surface area contributed by atoms with E-state index in [2.05, 4.69) is 10.4 Å². The molecule has 4 nitrogen and oxygen atoms in total. The van der Waals surface area contributed by atoms with Gasteiger partial charge in [0.1, 0.15) is 6.17 Å². The molecule has 1 unspecified atom stereocenters. The Morgan fingerprint density at radius 2 is 1.93 bits per heavy atom. The number of pyridine rings is 1. The lowest BCUT2D eigenvalue weighted by molar-refractivity contribution is 0.564. The van der Waals surface area contributed by atoms with Gasteiger partial charge < -0.3 is 5.73 Å². The molecule has 5 N–H and O–H groups in total. The van der Waals surface area contributed by atoms with E-state index in [1.54, 1.807) is 0 Å². The summed E-state index contributed by atoms with van der Waals surface area (Å²) in [5, 5.41) is 1.10. The van der Waals surface area contributed by atoms with Crippen molar-refractivity contribution in [2.45, 2.75) is 6.17 Å². The highest BCUT2D eigenvalue weighted by Gasteiger charge is 2.04. The molecule has 72 valence electrons. The van der Waals surface area contributed by atoms with E-state index in [-0.39, 0.29) is 0 Å². The summed E-state index contributed by atoms with van der Waals surface area (Å²) in [7, 11) is 0. The van der Waals surface area contributed by atoms with Crippen molar-refractivity contribution in [1.29, 1.82) is 0 Å². The minimum Gasteiger partial charge on any atom is -0.310 e. The van der Waals surface area contributed by atoms with E-state index in [1.807, 2.05) is 36.4 Å². The summed E-state index contributed by atoms with van der Waals surface area (Å²) >= 11 is 0. The first-order valence-electron chi connectivity index (χ1n) is 4.38. The molecule has 1 heterocycles. The van der Waals surface area contributed by atoms with E-state index >= 15 is 0 Å². The summed E-state index contributed by atoms with van der Waals surface area (Å²) in [6.45, 7) is 0. The van der Waals surface area contributed by atoms with Gasteiger partial charge in [0, 0.05) is 5.39 Å². The van der Waals surface area contributed by atoms with Crippen molar-refractivity contribution in [2.24, 2.45) is 11.6 Å². The Hall–Kier alpha value is -1.49. The number of rotatable bonds is 2. The minimum atomic E-state index is -0.417. The van der Waals surface area contributed by atoms with Crippen LogP contribution in [0, 0.1) is 0 Å². The first-order valence-corrected chi connectivity index (χ1v) is 4.38. The van der Waals surface area contributed by atoms with Crippen molar-refractivity contribution in [1.82, 2.24) is 10.4 Å². The molecular weight excluding hydrogens is 176 g/mol. The molecule has 14 heavy (non-hydrogen) atoms. The molecule has 0 spiro atoms. The maximum absolute atomic E-state index is 5.69. The SMILES string of the molecule is NNC(N)c1ccc2ccccc2n1. The van der Waals surface area contributed by atoms with Crippen molar-refractivity contribution >= 4 is 10.9 Å². The van der Waals surface area contributed by atoms with Crippen LogP contribution in [-0.4, -0.2) is 4.98 Å². The summed E-state index contributed by atoms with van der Waals surface area (Å²) in [5.41, 5.74) is 9.82. The minimum absolute atomic E-state index is 0.417. The molecule has 1 aromatic heterocycles. The van der Waals surface area contributed by atoms with Crippen LogP contribution in [-0.2, 0) is 0 Å². The van der Waals surface area contributed by atoms with E-state index in [0.717, 1.165) is 16.6 Å². The summed E-state index contributed by atoms with van der Waals surface area (Å²) in [5.74, 6) is 5.23. The molecule has 0 amide bonds. The average molecular weight is 188 g/mol. The van der Waals surface area contributed by atoms with Crippen molar-refractivity contribution in [3.8, 4) is 0 Å². The predicted molar refractivity (Wildman–Crippen MR) is 56.0 cm³/mol. The van der Waals surface area contributed by atoms with Gasteiger partial charge in [-0.25, -0.2) is 10.4 Å². The van der Waals surface area contributed by atoms with E-state index < -0.39 is 6.17 Å². The van der Waals surface area contributed by atoms with Crippen LogP contribution >= 0.6 is 0 Å². The Labute approximate surface area is 81.9 Å². The molecule has 0 aliphatic rings. The van der Waals surface area contributed by atoms with Crippen molar-refractivity contribution in [2.75, 3.05) is 0 Å². The summed E-state index contributed by atoms with van der Waals surface area (Å²) in [6, 6.07) is 11.7. The fraction of sp³-hybridized carbons (Fsp3) is 0.100. The third kappa shape index (κ3) is 1.58. The lowest BCUT2D eigenvalue weighted by Crippen LogP contribution is -2.34. The van der Waals surface area contributed by atoms with E-state index in [0.29, 0.717) is 0 Å². The second-order valence-electron chi connectivity index (χ2n) is 3.07. The van der Waals surface area contributed by atoms with Crippen LogP contribution in [0.5, 0.6) is 0 Å². The highest BCUT2D eigenvalue weighted by Crippen LogP contribution is 2.13. The zero-order valence-electron chi connectivity index (χ0n) is 7.64. The molecular formula is C10H12N4. The van der Waals surface area contributed by atoms with Crippen LogP contribution in [0.25, 0.3) is 10.9 Å². The number of nitrogens with two attached hydrogens (primary N) is 2. The number of hydrogen-bond acceptors (Lipinski definition) is 4. The largest absolute Gasteiger partial charge is 0.310 e. The Bertz CT molecular complexity index is 441. The van der Waals surface area contributed by atoms with Crippen LogP contribution in [0.3, 0.4) is 0 Å². The number of hydrogen-bond donors (Lipinski definition) is 3. The van der Waals surface area contributed by atoms with Crippen molar-refractivity contribution in [3.05, 3.63) is 42.1 Å². The van der Waals surface area contributed by atoms with Crippen molar-refractivity contribution in [3.63, 3.8) is 0 Å². The zero-order chi connectivity index (χ0) is 9.97. The van der Waals surface area contributed by atoms with Gasteiger partial charge in [0.05, 0.1) is 11.2 Å². The summed E-state index contributed by atoms with van der Waals surface area (Å²) in [4.78, 5) is 4.38. The molecule has 0 aliphatic carbocycles. The molecule has 0 bridgehead atoms. The topological polar surface area (TPSA) is 77.0 Å². The van der Waals surface area contributed by atoms with Gasteiger partial charge in [0.25, 0.3) is 0 Å². The Morgan fingerprint density at radius 1 is 1.14 bits per heavy atom. The van der Waals surface area contributed by atoms with E-state index in [9.17, 15) is 0 Å². The van der Waals surface area contributed by atoms with E-state index in [1.165, 1.54) is 0 Å². The molecule has 0 radical (unpaired) electrons. The van der Waals surface area contributed by atoms with Crippen LogP contribution in [0.2, 0.25) is 0 Å². The number of aromatic nitrogens is 1. The van der Waals surface area contributed by atoms with Gasteiger partial charge in [-0.3, -0.25) is 5.84 Å². The Balaban J connectivity index is 2.51. The number of nitrogens with one attached hydrogen (secondary N) is 1. The third-order valence-corrected chi connectivity index (χ3v) is 2.12. The van der Waals surface area contributed by atoms with Crippen molar-refractivity contribution < 1.29 is 0 Å². The number of nitrogens with zero attached hydrogens (tertiary/aromatic N) is 1. The molecule has 2 rings (SSSR count). The highest BCUT2D eigenvalue weighted by molar-refractivity contribution is 5.78. The predicted octanol–water partition coefficient (Wildman–Crippen LogP) is 0.655. The van der Waals surface area contributed by atoms with Gasteiger partial charge in [-0.15, -0.1) is 0 Å². The monoisotopic (exact) mass is 188 g/mol. The Kier molecular flexibility index (Phi) is 2.41. The number of benzene rings is 1. The van der Waals surface area contributed by atoms with Crippen LogP contribution in [0.4, 0.5) is 0 Å². The first kappa shape index (κ1) is 9.08. The van der Waals surface area contributed by atoms with Crippen LogP contribution in [0.1, 0.15) is 11.9 Å². The molecule has 0 saturated heterocycles. The molecule has 1 aromatic carbocycles. The second-order valence-corrected chi connectivity index (χ2v) is 3.07. The standard InChI is InChI=1S/C10H12N4/c11-10(14-12)9-6-5-7-3-1-2-4-8(7)13-9/h1-6,10,14H,11-12H2. The van der Waals surface area contributed by atoms with Gasteiger partial charge in [-0.1, -0.05) is 24.3 Å². The lowest BCUT2D eigenvalue weighted by Gasteiger charge is -2.09. The van der Waals surface area contributed by atoms with Gasteiger partial charge >= 0.3 is 0 Å². The van der Waals surface area contributed by atoms with Gasteiger partial charge in [0.2, 0.25) is 0 Å². The quantitative estimate of drug-likeness (QED) is 0.367. The van der Waals surface area contributed by atoms with Gasteiger partial charge in [0.15, 0.2) is 0 Å². The normalized spacial score (nSPS) is 13.0. The molecule has 4 heteroatoms. The Morgan fingerprint density at radius 3 is 2.71 bits per heavy atom. The van der Waals surface area contributed by atoms with Gasteiger partial charge in [-0.2, -0.15) is 0 Å². The molecule has 0 fully saturated rings. The van der Waals surface area contributed by atoms with E-state index in [4.69, 9.17) is 11.6 Å². The molecule has 2 aromatic rings. The molecule has 0 saturated carbocycles.